The van der Waals surface area contributed by atoms with Crippen LogP contribution in [-0.4, -0.2) is 9.91 Å². The second kappa shape index (κ2) is 4.48. The van der Waals surface area contributed by atoms with Crippen LogP contribution in [0.3, 0.4) is 0 Å². The van der Waals surface area contributed by atoms with E-state index in [4.69, 9.17) is 0 Å². The Morgan fingerprint density at radius 1 is 1.31 bits per heavy atom. The van der Waals surface area contributed by atoms with Crippen LogP contribution < -0.4 is 5.32 Å². The molecule has 2 N–H and O–H groups in total. The van der Waals surface area contributed by atoms with Crippen molar-refractivity contribution in [1.29, 1.82) is 0 Å². The summed E-state index contributed by atoms with van der Waals surface area (Å²) in [4.78, 5) is 13.3. The van der Waals surface area contributed by atoms with Gasteiger partial charge in [-0.3, -0.25) is 10.1 Å². The van der Waals surface area contributed by atoms with Gasteiger partial charge in [0.1, 0.15) is 5.69 Å². The fraction of sp³-hybridized carbons (Fsp3) is 0.0909. The predicted molar refractivity (Wildman–Crippen MR) is 61.2 cm³/mol. The summed E-state index contributed by atoms with van der Waals surface area (Å²) in [5.74, 6) is 0. The van der Waals surface area contributed by atoms with Crippen LogP contribution >= 0.6 is 0 Å². The summed E-state index contributed by atoms with van der Waals surface area (Å²) in [5, 5.41) is 13.8. The van der Waals surface area contributed by atoms with E-state index in [1.807, 2.05) is 18.5 Å². The molecule has 1 aromatic carbocycles. The second-order valence-corrected chi connectivity index (χ2v) is 3.35. The van der Waals surface area contributed by atoms with E-state index in [9.17, 15) is 10.1 Å². The average Bonchev–Trinajstić information content (AvgIpc) is 2.79. The number of nitro groups is 1. The van der Waals surface area contributed by atoms with Crippen LogP contribution in [0.5, 0.6) is 0 Å². The first-order chi connectivity index (χ1) is 7.77. The number of aromatic nitrogens is 1. The lowest BCUT2D eigenvalue weighted by Gasteiger charge is -2.05. The molecule has 16 heavy (non-hydrogen) atoms. The Morgan fingerprint density at radius 2 is 2.12 bits per heavy atom. The number of para-hydroxylation sites is 2. The molecule has 0 spiro atoms. The predicted octanol–water partition coefficient (Wildman–Crippen LogP) is 2.54. The quantitative estimate of drug-likeness (QED) is 0.610. The number of aromatic amines is 1. The van der Waals surface area contributed by atoms with E-state index in [2.05, 4.69) is 10.3 Å². The zero-order valence-corrected chi connectivity index (χ0v) is 8.51. The minimum absolute atomic E-state index is 0.0954. The molecule has 2 aromatic rings. The second-order valence-electron chi connectivity index (χ2n) is 3.35. The number of anilines is 1. The van der Waals surface area contributed by atoms with E-state index < -0.39 is 0 Å². The molecular formula is C11H11N3O2. The van der Waals surface area contributed by atoms with Crippen molar-refractivity contribution in [2.24, 2.45) is 0 Å². The number of hydrogen-bond acceptors (Lipinski definition) is 3. The van der Waals surface area contributed by atoms with Crippen LogP contribution in [0.15, 0.2) is 42.7 Å². The van der Waals surface area contributed by atoms with Crippen LogP contribution in [0.25, 0.3) is 0 Å². The summed E-state index contributed by atoms with van der Waals surface area (Å²) in [5.41, 5.74) is 1.69. The molecule has 0 saturated heterocycles. The van der Waals surface area contributed by atoms with Crippen molar-refractivity contribution >= 4 is 11.4 Å². The third kappa shape index (κ3) is 2.20. The Morgan fingerprint density at radius 3 is 2.81 bits per heavy atom. The number of rotatable bonds is 4. The third-order valence-corrected chi connectivity index (χ3v) is 2.25. The van der Waals surface area contributed by atoms with Crippen molar-refractivity contribution in [2.75, 3.05) is 5.32 Å². The van der Waals surface area contributed by atoms with Gasteiger partial charge in [0.05, 0.1) is 4.92 Å². The maximum atomic E-state index is 10.7. The fourth-order valence-electron chi connectivity index (χ4n) is 1.45. The van der Waals surface area contributed by atoms with Crippen LogP contribution in [0.4, 0.5) is 11.4 Å². The maximum absolute atomic E-state index is 10.7. The number of nitrogens with zero attached hydrogens (tertiary/aromatic N) is 1. The van der Waals surface area contributed by atoms with Crippen LogP contribution in [0.2, 0.25) is 0 Å². The zero-order valence-electron chi connectivity index (χ0n) is 8.51. The van der Waals surface area contributed by atoms with Gasteiger partial charge in [0.2, 0.25) is 0 Å². The fourth-order valence-corrected chi connectivity index (χ4v) is 1.45. The molecule has 0 radical (unpaired) electrons. The van der Waals surface area contributed by atoms with Crippen molar-refractivity contribution in [2.45, 2.75) is 6.54 Å². The lowest BCUT2D eigenvalue weighted by atomic mass is 10.2. The van der Waals surface area contributed by atoms with Gasteiger partial charge in [-0.15, -0.1) is 0 Å². The lowest BCUT2D eigenvalue weighted by Crippen LogP contribution is -2.01. The molecule has 0 aliphatic carbocycles. The van der Waals surface area contributed by atoms with Crippen molar-refractivity contribution in [3.8, 4) is 0 Å². The molecule has 0 amide bonds. The van der Waals surface area contributed by atoms with Crippen molar-refractivity contribution < 1.29 is 4.92 Å². The molecule has 82 valence electrons. The number of benzene rings is 1. The Hall–Kier alpha value is -2.30. The summed E-state index contributed by atoms with van der Waals surface area (Å²) >= 11 is 0. The topological polar surface area (TPSA) is 71.0 Å². The van der Waals surface area contributed by atoms with Gasteiger partial charge in [0.15, 0.2) is 0 Å². The number of H-pyrrole nitrogens is 1. The SMILES string of the molecule is O=[N+]([O-])c1ccccc1NCc1cc[nH]c1. The first-order valence-corrected chi connectivity index (χ1v) is 4.86. The van der Waals surface area contributed by atoms with Gasteiger partial charge in [0.25, 0.3) is 5.69 Å². The molecule has 5 nitrogen and oxygen atoms in total. The molecule has 0 aliphatic rings. The monoisotopic (exact) mass is 217 g/mol. The summed E-state index contributed by atoms with van der Waals surface area (Å²) in [6, 6.07) is 8.53. The molecule has 0 bridgehead atoms. The zero-order chi connectivity index (χ0) is 11.4. The molecule has 0 unspecified atom stereocenters. The third-order valence-electron chi connectivity index (χ3n) is 2.25. The molecule has 0 fully saturated rings. The highest BCUT2D eigenvalue weighted by atomic mass is 16.6. The summed E-state index contributed by atoms with van der Waals surface area (Å²) in [6.07, 6.45) is 3.66. The van der Waals surface area contributed by atoms with E-state index in [1.165, 1.54) is 6.07 Å². The number of nitro benzene ring substituents is 1. The smallest absolute Gasteiger partial charge is 0.292 e. The average molecular weight is 217 g/mol. The van der Waals surface area contributed by atoms with Crippen LogP contribution in [0, 0.1) is 10.1 Å². The van der Waals surface area contributed by atoms with Crippen molar-refractivity contribution in [1.82, 2.24) is 4.98 Å². The van der Waals surface area contributed by atoms with Crippen LogP contribution in [0.1, 0.15) is 5.56 Å². The van der Waals surface area contributed by atoms with Gasteiger partial charge >= 0.3 is 0 Å². The highest BCUT2D eigenvalue weighted by molar-refractivity contribution is 5.61. The summed E-state index contributed by atoms with van der Waals surface area (Å²) in [7, 11) is 0. The molecule has 0 aliphatic heterocycles. The Labute approximate surface area is 92.3 Å². The molecule has 2 rings (SSSR count). The first-order valence-electron chi connectivity index (χ1n) is 4.86. The molecule has 0 saturated carbocycles. The van der Waals surface area contributed by atoms with E-state index in [0.717, 1.165) is 5.56 Å². The van der Waals surface area contributed by atoms with Gasteiger partial charge in [-0.1, -0.05) is 12.1 Å². The van der Waals surface area contributed by atoms with Crippen molar-refractivity contribution in [3.05, 3.63) is 58.4 Å². The Balaban J connectivity index is 2.12. The first kappa shape index (κ1) is 10.2. The molecule has 1 heterocycles. The standard InChI is InChI=1S/C11H11N3O2/c15-14(16)11-4-2-1-3-10(11)13-8-9-5-6-12-7-9/h1-7,12-13H,8H2. The Kier molecular flexibility index (Phi) is 2.86. The highest BCUT2D eigenvalue weighted by Crippen LogP contribution is 2.23. The largest absolute Gasteiger partial charge is 0.375 e. The minimum Gasteiger partial charge on any atom is -0.375 e. The Bertz CT molecular complexity index is 480. The number of nitrogens with one attached hydrogen (secondary N) is 2. The molecule has 1 aromatic heterocycles. The summed E-state index contributed by atoms with van der Waals surface area (Å²) in [6.45, 7) is 0.564. The van der Waals surface area contributed by atoms with Gasteiger partial charge in [0, 0.05) is 25.0 Å². The molecule has 5 heteroatoms. The van der Waals surface area contributed by atoms with E-state index in [0.29, 0.717) is 12.2 Å². The highest BCUT2D eigenvalue weighted by Gasteiger charge is 2.11. The van der Waals surface area contributed by atoms with Gasteiger partial charge < -0.3 is 10.3 Å². The van der Waals surface area contributed by atoms with E-state index in [-0.39, 0.29) is 10.6 Å². The van der Waals surface area contributed by atoms with E-state index in [1.54, 1.807) is 18.2 Å². The number of hydrogen-bond donors (Lipinski definition) is 2. The lowest BCUT2D eigenvalue weighted by molar-refractivity contribution is -0.384. The normalized spacial score (nSPS) is 10.0. The van der Waals surface area contributed by atoms with Gasteiger partial charge in [-0.05, 0) is 17.7 Å². The van der Waals surface area contributed by atoms with Crippen molar-refractivity contribution in [3.63, 3.8) is 0 Å². The van der Waals surface area contributed by atoms with Crippen LogP contribution in [-0.2, 0) is 6.54 Å². The summed E-state index contributed by atoms with van der Waals surface area (Å²) < 4.78 is 0. The van der Waals surface area contributed by atoms with E-state index >= 15 is 0 Å². The maximum Gasteiger partial charge on any atom is 0.292 e. The molecular weight excluding hydrogens is 206 g/mol. The molecule has 0 atom stereocenters. The van der Waals surface area contributed by atoms with Gasteiger partial charge in [-0.2, -0.15) is 0 Å². The van der Waals surface area contributed by atoms with Gasteiger partial charge in [-0.25, -0.2) is 0 Å². The minimum atomic E-state index is -0.389.